The zero-order valence-electron chi connectivity index (χ0n) is 10.5. The van der Waals surface area contributed by atoms with Crippen molar-refractivity contribution in [3.8, 4) is 0 Å². The standard InChI is InChI=1S/C13H20N4O/c14-12(17-18)9-13(4-5-13)10-16-8-3-11-1-6-15-7-2-11/h1-2,6-7,16,18H,3-5,8-10H2,(H2,14,17). The largest absolute Gasteiger partial charge is 0.409 e. The first-order valence-corrected chi connectivity index (χ1v) is 6.30. The van der Waals surface area contributed by atoms with E-state index in [1.54, 1.807) is 0 Å². The van der Waals surface area contributed by atoms with Crippen molar-refractivity contribution in [2.24, 2.45) is 16.3 Å². The molecule has 0 saturated heterocycles. The molecule has 0 aromatic carbocycles. The van der Waals surface area contributed by atoms with Crippen molar-refractivity contribution in [2.45, 2.75) is 25.7 Å². The SMILES string of the molecule is NC(CC1(CNCCc2ccncc2)CC1)=NO. The Morgan fingerprint density at radius 3 is 2.78 bits per heavy atom. The number of oxime groups is 1. The summed E-state index contributed by atoms with van der Waals surface area (Å²) in [7, 11) is 0. The van der Waals surface area contributed by atoms with Crippen molar-refractivity contribution in [3.63, 3.8) is 0 Å². The van der Waals surface area contributed by atoms with Gasteiger partial charge >= 0.3 is 0 Å². The first-order valence-electron chi connectivity index (χ1n) is 6.30. The summed E-state index contributed by atoms with van der Waals surface area (Å²) in [5.41, 5.74) is 7.08. The van der Waals surface area contributed by atoms with Gasteiger partial charge in [-0.1, -0.05) is 5.16 Å². The number of hydrogen-bond acceptors (Lipinski definition) is 4. The minimum Gasteiger partial charge on any atom is -0.409 e. The van der Waals surface area contributed by atoms with E-state index in [-0.39, 0.29) is 5.41 Å². The third-order valence-electron chi connectivity index (χ3n) is 3.48. The Balaban J connectivity index is 1.67. The Morgan fingerprint density at radius 2 is 2.17 bits per heavy atom. The third-order valence-corrected chi connectivity index (χ3v) is 3.48. The molecule has 18 heavy (non-hydrogen) atoms. The van der Waals surface area contributed by atoms with Crippen molar-refractivity contribution in [3.05, 3.63) is 30.1 Å². The lowest BCUT2D eigenvalue weighted by Crippen LogP contribution is -2.29. The number of pyridine rings is 1. The maximum atomic E-state index is 8.58. The van der Waals surface area contributed by atoms with E-state index in [1.165, 1.54) is 5.56 Å². The fraction of sp³-hybridized carbons (Fsp3) is 0.538. The quantitative estimate of drug-likeness (QED) is 0.222. The van der Waals surface area contributed by atoms with Crippen LogP contribution in [-0.2, 0) is 6.42 Å². The summed E-state index contributed by atoms with van der Waals surface area (Å²) in [6.45, 7) is 1.89. The Hall–Kier alpha value is -1.62. The van der Waals surface area contributed by atoms with Crippen LogP contribution in [0.3, 0.4) is 0 Å². The van der Waals surface area contributed by atoms with E-state index in [2.05, 4.69) is 15.5 Å². The lowest BCUT2D eigenvalue weighted by molar-refractivity contribution is 0.314. The van der Waals surface area contributed by atoms with Gasteiger partial charge in [0.1, 0.15) is 5.84 Å². The van der Waals surface area contributed by atoms with Crippen LogP contribution >= 0.6 is 0 Å². The van der Waals surface area contributed by atoms with Crippen LogP contribution in [0.1, 0.15) is 24.8 Å². The van der Waals surface area contributed by atoms with Gasteiger partial charge in [0.25, 0.3) is 0 Å². The van der Waals surface area contributed by atoms with Crippen LogP contribution in [0.4, 0.5) is 0 Å². The van der Waals surface area contributed by atoms with Gasteiger partial charge in [0.15, 0.2) is 0 Å². The molecule has 98 valence electrons. The van der Waals surface area contributed by atoms with E-state index < -0.39 is 0 Å². The minimum absolute atomic E-state index is 0.231. The van der Waals surface area contributed by atoms with E-state index >= 15 is 0 Å². The van der Waals surface area contributed by atoms with Crippen LogP contribution < -0.4 is 11.1 Å². The molecule has 1 saturated carbocycles. The molecule has 0 aliphatic heterocycles. The highest BCUT2D eigenvalue weighted by Gasteiger charge is 2.42. The van der Waals surface area contributed by atoms with Crippen LogP contribution in [0.15, 0.2) is 29.7 Å². The Bertz CT molecular complexity index is 401. The summed E-state index contributed by atoms with van der Waals surface area (Å²) in [5.74, 6) is 0.337. The molecule has 1 aromatic heterocycles. The van der Waals surface area contributed by atoms with Crippen molar-refractivity contribution in [1.29, 1.82) is 0 Å². The molecule has 1 heterocycles. The van der Waals surface area contributed by atoms with Crippen LogP contribution in [0, 0.1) is 5.41 Å². The Labute approximate surface area is 107 Å². The molecule has 4 N–H and O–H groups in total. The predicted molar refractivity (Wildman–Crippen MR) is 70.5 cm³/mol. The number of hydrogen-bond donors (Lipinski definition) is 3. The molecule has 0 amide bonds. The fourth-order valence-corrected chi connectivity index (χ4v) is 2.15. The van der Waals surface area contributed by atoms with Gasteiger partial charge in [-0.3, -0.25) is 4.98 Å². The predicted octanol–water partition coefficient (Wildman–Crippen LogP) is 1.13. The smallest absolute Gasteiger partial charge is 0.139 e. The summed E-state index contributed by atoms with van der Waals surface area (Å²) in [4.78, 5) is 3.99. The van der Waals surface area contributed by atoms with Crippen LogP contribution in [0.5, 0.6) is 0 Å². The molecule has 0 spiro atoms. The summed E-state index contributed by atoms with van der Waals surface area (Å²) >= 11 is 0. The molecule has 0 unspecified atom stereocenters. The van der Waals surface area contributed by atoms with Crippen molar-refractivity contribution >= 4 is 5.84 Å². The second kappa shape index (κ2) is 5.82. The van der Waals surface area contributed by atoms with Crippen molar-refractivity contribution in [2.75, 3.05) is 13.1 Å². The van der Waals surface area contributed by atoms with Gasteiger partial charge in [0.2, 0.25) is 0 Å². The second-order valence-corrected chi connectivity index (χ2v) is 5.05. The topological polar surface area (TPSA) is 83.5 Å². The van der Waals surface area contributed by atoms with E-state index in [9.17, 15) is 0 Å². The number of nitrogens with one attached hydrogen (secondary N) is 1. The molecule has 5 nitrogen and oxygen atoms in total. The molecule has 0 atom stereocenters. The normalized spacial score (nSPS) is 17.7. The van der Waals surface area contributed by atoms with Gasteiger partial charge in [-0.25, -0.2) is 0 Å². The molecular formula is C13H20N4O. The van der Waals surface area contributed by atoms with Crippen LogP contribution in [0.25, 0.3) is 0 Å². The second-order valence-electron chi connectivity index (χ2n) is 5.05. The molecule has 1 fully saturated rings. The van der Waals surface area contributed by atoms with Crippen molar-refractivity contribution in [1.82, 2.24) is 10.3 Å². The highest BCUT2D eigenvalue weighted by Crippen LogP contribution is 2.48. The Morgan fingerprint density at radius 1 is 1.44 bits per heavy atom. The Kier molecular flexibility index (Phi) is 4.15. The number of nitrogens with two attached hydrogens (primary N) is 1. The van der Waals surface area contributed by atoms with E-state index in [4.69, 9.17) is 10.9 Å². The number of aromatic nitrogens is 1. The average Bonchev–Trinajstić information content (AvgIpc) is 3.16. The lowest BCUT2D eigenvalue weighted by Gasteiger charge is -2.15. The van der Waals surface area contributed by atoms with Crippen LogP contribution in [0.2, 0.25) is 0 Å². The maximum Gasteiger partial charge on any atom is 0.139 e. The number of rotatable bonds is 7. The molecule has 5 heteroatoms. The number of amidine groups is 1. The zero-order chi connectivity index (χ0) is 12.8. The molecule has 1 aliphatic rings. The molecule has 0 radical (unpaired) electrons. The van der Waals surface area contributed by atoms with Gasteiger partial charge in [-0.2, -0.15) is 0 Å². The number of nitrogens with zero attached hydrogens (tertiary/aromatic N) is 2. The molecule has 1 aromatic rings. The summed E-state index contributed by atoms with van der Waals surface area (Å²) < 4.78 is 0. The van der Waals surface area contributed by atoms with Crippen molar-refractivity contribution < 1.29 is 5.21 Å². The van der Waals surface area contributed by atoms with E-state index in [0.717, 1.165) is 32.4 Å². The molecule has 1 aliphatic carbocycles. The first-order chi connectivity index (χ1) is 8.74. The highest BCUT2D eigenvalue weighted by molar-refractivity contribution is 5.80. The summed E-state index contributed by atoms with van der Waals surface area (Å²) in [5, 5.41) is 15.1. The minimum atomic E-state index is 0.231. The third kappa shape index (κ3) is 3.70. The highest BCUT2D eigenvalue weighted by atomic mass is 16.4. The van der Waals surface area contributed by atoms with Gasteiger partial charge in [0, 0.05) is 25.4 Å². The van der Waals surface area contributed by atoms with Gasteiger partial charge in [0.05, 0.1) is 0 Å². The lowest BCUT2D eigenvalue weighted by atomic mass is 10.0. The van der Waals surface area contributed by atoms with Crippen LogP contribution in [-0.4, -0.2) is 29.1 Å². The van der Waals surface area contributed by atoms with Gasteiger partial charge < -0.3 is 16.3 Å². The summed E-state index contributed by atoms with van der Waals surface area (Å²) in [6, 6.07) is 4.07. The van der Waals surface area contributed by atoms with Gasteiger partial charge in [-0.15, -0.1) is 0 Å². The fourth-order valence-electron chi connectivity index (χ4n) is 2.15. The van der Waals surface area contributed by atoms with E-state index in [0.29, 0.717) is 12.3 Å². The van der Waals surface area contributed by atoms with Gasteiger partial charge in [-0.05, 0) is 48.9 Å². The monoisotopic (exact) mass is 248 g/mol. The van der Waals surface area contributed by atoms with E-state index in [1.807, 2.05) is 24.5 Å². The first kappa shape index (κ1) is 12.8. The molecule has 0 bridgehead atoms. The molecule has 2 rings (SSSR count). The molecular weight excluding hydrogens is 228 g/mol. The zero-order valence-corrected chi connectivity index (χ0v) is 10.5. The maximum absolute atomic E-state index is 8.58. The average molecular weight is 248 g/mol. The summed E-state index contributed by atoms with van der Waals surface area (Å²) in [6.07, 6.45) is 7.64.